The monoisotopic (exact) mass is 304 g/mol. The molecule has 1 fully saturated rings. The van der Waals surface area contributed by atoms with Crippen molar-refractivity contribution < 1.29 is 9.53 Å². The normalized spacial score (nSPS) is 20.6. The number of hydrogen-bond acceptors (Lipinski definition) is 6. The van der Waals surface area contributed by atoms with Gasteiger partial charge < -0.3 is 21.5 Å². The molecule has 1 aliphatic rings. The van der Waals surface area contributed by atoms with Gasteiger partial charge >= 0.3 is 0 Å². The fourth-order valence-corrected chi connectivity index (χ4v) is 2.74. The highest BCUT2D eigenvalue weighted by Gasteiger charge is 2.36. The molecule has 3 rings (SSSR count). The molecule has 1 aliphatic carbocycles. The maximum absolute atomic E-state index is 12.0. The highest BCUT2D eigenvalue weighted by Crippen LogP contribution is 2.35. The van der Waals surface area contributed by atoms with Gasteiger partial charge in [-0.25, -0.2) is 4.98 Å². The standard InChI is InChI=1S/C14H16N4O2S/c15-10-2-1-3-11(12(10)16)20-9-6-8(7-9)13(19)18-14-17-4-5-21-14/h1-5,8-9H,6-7,15-16H2,(H,17,18,19). The van der Waals surface area contributed by atoms with Crippen LogP contribution in [0.3, 0.4) is 0 Å². The van der Waals surface area contributed by atoms with Gasteiger partial charge in [-0.3, -0.25) is 4.79 Å². The number of ether oxygens (including phenoxy) is 1. The van der Waals surface area contributed by atoms with Gasteiger partial charge in [-0.05, 0) is 25.0 Å². The van der Waals surface area contributed by atoms with E-state index in [1.54, 1.807) is 24.4 Å². The van der Waals surface area contributed by atoms with Crippen molar-refractivity contribution in [1.29, 1.82) is 0 Å². The van der Waals surface area contributed by atoms with Crippen molar-refractivity contribution in [3.63, 3.8) is 0 Å². The summed E-state index contributed by atoms with van der Waals surface area (Å²) in [6.07, 6.45) is 3.01. The number of rotatable bonds is 4. The summed E-state index contributed by atoms with van der Waals surface area (Å²) < 4.78 is 5.78. The third-order valence-corrected chi connectivity index (χ3v) is 4.21. The van der Waals surface area contributed by atoms with E-state index in [-0.39, 0.29) is 17.9 Å². The highest BCUT2D eigenvalue weighted by atomic mass is 32.1. The molecule has 21 heavy (non-hydrogen) atoms. The van der Waals surface area contributed by atoms with Crippen molar-refractivity contribution in [2.75, 3.05) is 16.8 Å². The van der Waals surface area contributed by atoms with Crippen LogP contribution in [0.25, 0.3) is 0 Å². The van der Waals surface area contributed by atoms with Gasteiger partial charge in [0.05, 0.1) is 11.4 Å². The second-order valence-electron chi connectivity index (χ2n) is 4.99. The molecular weight excluding hydrogens is 288 g/mol. The van der Waals surface area contributed by atoms with E-state index in [9.17, 15) is 4.79 Å². The predicted molar refractivity (Wildman–Crippen MR) is 83.2 cm³/mol. The Hall–Kier alpha value is -2.28. The molecule has 0 bridgehead atoms. The third kappa shape index (κ3) is 2.92. The number of anilines is 3. The number of nitrogens with zero attached hydrogens (tertiary/aromatic N) is 1. The molecule has 0 radical (unpaired) electrons. The molecule has 0 unspecified atom stereocenters. The number of aromatic nitrogens is 1. The van der Waals surface area contributed by atoms with Gasteiger partial charge in [0.2, 0.25) is 5.91 Å². The number of thiazole rings is 1. The Morgan fingerprint density at radius 3 is 2.90 bits per heavy atom. The Balaban J connectivity index is 1.51. The van der Waals surface area contributed by atoms with E-state index in [1.807, 2.05) is 5.38 Å². The SMILES string of the molecule is Nc1cccc(OC2CC(C(=O)Nc3nccs3)C2)c1N. The average molecular weight is 304 g/mol. The van der Waals surface area contributed by atoms with E-state index >= 15 is 0 Å². The van der Waals surface area contributed by atoms with E-state index < -0.39 is 0 Å². The molecule has 1 saturated carbocycles. The van der Waals surface area contributed by atoms with Crippen LogP contribution in [0.4, 0.5) is 16.5 Å². The fourth-order valence-electron chi connectivity index (χ4n) is 2.21. The molecule has 0 aliphatic heterocycles. The van der Waals surface area contributed by atoms with Crippen LogP contribution in [0, 0.1) is 5.92 Å². The number of amides is 1. The number of carbonyl (C=O) groups excluding carboxylic acids is 1. The van der Waals surface area contributed by atoms with Crippen LogP contribution in [-0.2, 0) is 4.79 Å². The number of nitrogens with one attached hydrogen (secondary N) is 1. The van der Waals surface area contributed by atoms with Crippen LogP contribution in [0.1, 0.15) is 12.8 Å². The lowest BCUT2D eigenvalue weighted by atomic mass is 9.81. The molecule has 0 saturated heterocycles. The molecule has 1 aromatic carbocycles. The average Bonchev–Trinajstić information content (AvgIpc) is 2.90. The second kappa shape index (κ2) is 5.61. The highest BCUT2D eigenvalue weighted by molar-refractivity contribution is 7.13. The Bertz CT molecular complexity index is 638. The molecule has 0 spiro atoms. The van der Waals surface area contributed by atoms with Gasteiger partial charge in [0.1, 0.15) is 11.9 Å². The maximum atomic E-state index is 12.0. The quantitative estimate of drug-likeness (QED) is 0.751. The molecule has 7 heteroatoms. The molecular formula is C14H16N4O2S. The van der Waals surface area contributed by atoms with Gasteiger partial charge in [0.25, 0.3) is 0 Å². The number of nitrogen functional groups attached to an aromatic ring is 2. The van der Waals surface area contributed by atoms with Crippen molar-refractivity contribution in [3.05, 3.63) is 29.8 Å². The first-order valence-corrected chi connectivity index (χ1v) is 7.52. The first-order chi connectivity index (χ1) is 10.1. The van der Waals surface area contributed by atoms with Gasteiger partial charge in [-0.15, -0.1) is 11.3 Å². The van der Waals surface area contributed by atoms with Crippen molar-refractivity contribution in [2.45, 2.75) is 18.9 Å². The van der Waals surface area contributed by atoms with E-state index in [4.69, 9.17) is 16.2 Å². The molecule has 1 heterocycles. The van der Waals surface area contributed by atoms with Crippen LogP contribution < -0.4 is 21.5 Å². The summed E-state index contributed by atoms with van der Waals surface area (Å²) in [5.41, 5.74) is 12.5. The summed E-state index contributed by atoms with van der Waals surface area (Å²) in [5, 5.41) is 5.25. The minimum Gasteiger partial charge on any atom is -0.488 e. The number of benzene rings is 1. The van der Waals surface area contributed by atoms with Crippen LogP contribution >= 0.6 is 11.3 Å². The van der Waals surface area contributed by atoms with Crippen LogP contribution in [0.15, 0.2) is 29.8 Å². The molecule has 1 amide bonds. The minimum absolute atomic E-state index is 0.00106. The largest absolute Gasteiger partial charge is 0.488 e. The van der Waals surface area contributed by atoms with E-state index in [1.165, 1.54) is 11.3 Å². The zero-order valence-corrected chi connectivity index (χ0v) is 12.1. The van der Waals surface area contributed by atoms with Crippen molar-refractivity contribution in [2.24, 2.45) is 5.92 Å². The Kier molecular flexibility index (Phi) is 3.66. The van der Waals surface area contributed by atoms with E-state index in [0.29, 0.717) is 35.1 Å². The van der Waals surface area contributed by atoms with Gasteiger partial charge in [0, 0.05) is 17.5 Å². The number of hydrogen-bond donors (Lipinski definition) is 3. The zero-order chi connectivity index (χ0) is 14.8. The summed E-state index contributed by atoms with van der Waals surface area (Å²) in [6.45, 7) is 0. The van der Waals surface area contributed by atoms with Crippen molar-refractivity contribution in [1.82, 2.24) is 4.98 Å². The molecule has 5 N–H and O–H groups in total. The Morgan fingerprint density at radius 2 is 2.19 bits per heavy atom. The third-order valence-electron chi connectivity index (χ3n) is 3.52. The number of para-hydroxylation sites is 1. The van der Waals surface area contributed by atoms with Gasteiger partial charge in [-0.1, -0.05) is 6.07 Å². The predicted octanol–water partition coefficient (Wildman–Crippen LogP) is 2.10. The summed E-state index contributed by atoms with van der Waals surface area (Å²) in [7, 11) is 0. The first-order valence-electron chi connectivity index (χ1n) is 6.64. The lowest BCUT2D eigenvalue weighted by Gasteiger charge is -2.34. The van der Waals surface area contributed by atoms with Gasteiger partial charge in [-0.2, -0.15) is 0 Å². The summed E-state index contributed by atoms with van der Waals surface area (Å²) >= 11 is 1.41. The second-order valence-corrected chi connectivity index (χ2v) is 5.89. The molecule has 2 aromatic rings. The molecule has 0 atom stereocenters. The smallest absolute Gasteiger partial charge is 0.229 e. The Morgan fingerprint density at radius 1 is 1.38 bits per heavy atom. The van der Waals surface area contributed by atoms with Crippen molar-refractivity contribution in [3.8, 4) is 5.75 Å². The summed E-state index contributed by atoms with van der Waals surface area (Å²) in [4.78, 5) is 16.0. The molecule has 1 aromatic heterocycles. The van der Waals surface area contributed by atoms with E-state index in [0.717, 1.165) is 0 Å². The summed E-state index contributed by atoms with van der Waals surface area (Å²) in [5.74, 6) is 0.533. The number of nitrogens with two attached hydrogens (primary N) is 2. The van der Waals surface area contributed by atoms with E-state index in [2.05, 4.69) is 10.3 Å². The minimum atomic E-state index is -0.0406. The van der Waals surface area contributed by atoms with Gasteiger partial charge in [0.15, 0.2) is 5.13 Å². The summed E-state index contributed by atoms with van der Waals surface area (Å²) in [6, 6.07) is 5.31. The van der Waals surface area contributed by atoms with Crippen molar-refractivity contribution >= 4 is 33.8 Å². The lowest BCUT2D eigenvalue weighted by Crippen LogP contribution is -2.40. The van der Waals surface area contributed by atoms with Crippen LogP contribution in [-0.4, -0.2) is 17.0 Å². The topological polar surface area (TPSA) is 103 Å². The van der Waals surface area contributed by atoms with Crippen LogP contribution in [0.5, 0.6) is 5.75 Å². The first kappa shape index (κ1) is 13.7. The molecule has 6 nitrogen and oxygen atoms in total. The lowest BCUT2D eigenvalue weighted by molar-refractivity contribution is -0.125. The fraction of sp³-hybridized carbons (Fsp3) is 0.286. The Labute approximate surface area is 126 Å². The maximum Gasteiger partial charge on any atom is 0.229 e. The number of carbonyl (C=O) groups is 1. The van der Waals surface area contributed by atoms with Crippen LogP contribution in [0.2, 0.25) is 0 Å². The molecule has 110 valence electrons. The zero-order valence-electron chi connectivity index (χ0n) is 11.3.